The second-order valence-electron chi connectivity index (χ2n) is 7.44. The van der Waals surface area contributed by atoms with Crippen molar-refractivity contribution in [3.8, 4) is 17.0 Å². The molecular formula is C24H26N4O2. The molecule has 154 valence electrons. The Balaban J connectivity index is 1.32. The molecule has 1 saturated heterocycles. The molecule has 1 N–H and O–H groups in total. The second-order valence-corrected chi connectivity index (χ2v) is 7.44. The molecule has 4 rings (SSSR count). The summed E-state index contributed by atoms with van der Waals surface area (Å²) in [6, 6.07) is 21.7. The Hall–Kier alpha value is -3.41. The average Bonchev–Trinajstić information content (AvgIpc) is 2.83. The van der Waals surface area contributed by atoms with Gasteiger partial charge in [0.25, 0.3) is 0 Å². The Kier molecular flexibility index (Phi) is 6.23. The molecule has 1 aliphatic heterocycles. The summed E-state index contributed by atoms with van der Waals surface area (Å²) in [5.41, 5.74) is 2.83. The minimum Gasteiger partial charge on any atom is -0.496 e. The van der Waals surface area contributed by atoms with Crippen LogP contribution in [0.3, 0.4) is 0 Å². The fraction of sp³-hybridized carbons (Fsp3) is 0.292. The van der Waals surface area contributed by atoms with Crippen LogP contribution in [0.4, 0.5) is 5.82 Å². The second kappa shape index (κ2) is 9.39. The molecule has 30 heavy (non-hydrogen) atoms. The summed E-state index contributed by atoms with van der Waals surface area (Å²) in [7, 11) is 1.65. The number of nitrogens with one attached hydrogen (secondary N) is 1. The lowest BCUT2D eigenvalue weighted by Gasteiger charge is -2.31. The monoisotopic (exact) mass is 402 g/mol. The van der Waals surface area contributed by atoms with E-state index in [0.29, 0.717) is 6.54 Å². The van der Waals surface area contributed by atoms with Gasteiger partial charge in [0.15, 0.2) is 5.82 Å². The van der Waals surface area contributed by atoms with Crippen molar-refractivity contribution in [1.82, 2.24) is 15.5 Å². The third kappa shape index (κ3) is 4.59. The Morgan fingerprint density at radius 2 is 1.73 bits per heavy atom. The number of hydrogen-bond donors (Lipinski definition) is 1. The smallest absolute Gasteiger partial charge is 0.223 e. The number of anilines is 1. The van der Waals surface area contributed by atoms with Gasteiger partial charge in [-0.2, -0.15) is 0 Å². The molecule has 2 heterocycles. The van der Waals surface area contributed by atoms with Gasteiger partial charge < -0.3 is 15.0 Å². The Labute approximate surface area is 176 Å². The maximum atomic E-state index is 12.5. The largest absolute Gasteiger partial charge is 0.496 e. The topological polar surface area (TPSA) is 67.3 Å². The summed E-state index contributed by atoms with van der Waals surface area (Å²) >= 11 is 0. The molecular weight excluding hydrogens is 376 g/mol. The van der Waals surface area contributed by atoms with Crippen molar-refractivity contribution >= 4 is 11.7 Å². The van der Waals surface area contributed by atoms with E-state index in [1.807, 2.05) is 66.7 Å². The van der Waals surface area contributed by atoms with Gasteiger partial charge in [0.1, 0.15) is 5.75 Å². The molecule has 0 spiro atoms. The van der Waals surface area contributed by atoms with Gasteiger partial charge in [0, 0.05) is 31.1 Å². The molecule has 3 aromatic rings. The molecule has 0 atom stereocenters. The lowest BCUT2D eigenvalue weighted by molar-refractivity contribution is -0.125. The van der Waals surface area contributed by atoms with Crippen LogP contribution in [-0.2, 0) is 11.3 Å². The molecule has 6 nitrogen and oxygen atoms in total. The van der Waals surface area contributed by atoms with Gasteiger partial charge >= 0.3 is 0 Å². The number of hydrogen-bond acceptors (Lipinski definition) is 5. The van der Waals surface area contributed by atoms with Crippen LogP contribution in [0.25, 0.3) is 11.3 Å². The normalized spacial score (nSPS) is 14.4. The van der Waals surface area contributed by atoms with Gasteiger partial charge in [-0.25, -0.2) is 0 Å². The molecule has 0 aliphatic carbocycles. The minimum atomic E-state index is 0.0470. The SMILES string of the molecule is COc1ccccc1-c1ccc(N2CCC(C(=O)NCc3ccccc3)CC2)nn1. The van der Waals surface area contributed by atoms with E-state index in [1.54, 1.807) is 7.11 Å². The van der Waals surface area contributed by atoms with Crippen LogP contribution in [-0.4, -0.2) is 36.3 Å². The standard InChI is InChI=1S/C24H26N4O2/c1-30-22-10-6-5-9-20(22)21-11-12-23(27-26-21)28-15-13-19(14-16-28)24(29)25-17-18-7-3-2-4-8-18/h2-12,19H,13-17H2,1H3,(H,25,29). The van der Waals surface area contributed by atoms with Gasteiger partial charge in [0.2, 0.25) is 5.91 Å². The summed E-state index contributed by atoms with van der Waals surface area (Å²) < 4.78 is 5.41. The number of aromatic nitrogens is 2. The van der Waals surface area contributed by atoms with Gasteiger partial charge in [0.05, 0.1) is 12.8 Å². The van der Waals surface area contributed by atoms with Crippen molar-refractivity contribution < 1.29 is 9.53 Å². The molecule has 0 saturated carbocycles. The number of nitrogens with zero attached hydrogens (tertiary/aromatic N) is 3. The lowest BCUT2D eigenvalue weighted by Crippen LogP contribution is -2.40. The summed E-state index contributed by atoms with van der Waals surface area (Å²) in [6.07, 6.45) is 1.63. The van der Waals surface area contributed by atoms with E-state index in [0.717, 1.165) is 54.3 Å². The minimum absolute atomic E-state index is 0.0470. The number of ether oxygens (including phenoxy) is 1. The first kappa shape index (κ1) is 19.9. The van der Waals surface area contributed by atoms with E-state index in [1.165, 1.54) is 0 Å². The van der Waals surface area contributed by atoms with E-state index in [-0.39, 0.29) is 11.8 Å². The average molecular weight is 402 g/mol. The molecule has 1 fully saturated rings. The van der Waals surface area contributed by atoms with Crippen molar-refractivity contribution in [2.75, 3.05) is 25.1 Å². The molecule has 0 bridgehead atoms. The van der Waals surface area contributed by atoms with Crippen LogP contribution in [0.2, 0.25) is 0 Å². The predicted molar refractivity (Wildman–Crippen MR) is 117 cm³/mol. The highest BCUT2D eigenvalue weighted by molar-refractivity contribution is 5.79. The number of carbonyl (C=O) groups is 1. The van der Waals surface area contributed by atoms with Crippen LogP contribution in [0, 0.1) is 5.92 Å². The first-order chi connectivity index (χ1) is 14.7. The van der Waals surface area contributed by atoms with E-state index < -0.39 is 0 Å². The van der Waals surface area contributed by atoms with Crippen LogP contribution >= 0.6 is 0 Å². The highest BCUT2D eigenvalue weighted by atomic mass is 16.5. The highest BCUT2D eigenvalue weighted by Crippen LogP contribution is 2.29. The number of benzene rings is 2. The molecule has 2 aromatic carbocycles. The number of methoxy groups -OCH3 is 1. The van der Waals surface area contributed by atoms with Crippen molar-refractivity contribution in [3.63, 3.8) is 0 Å². The van der Waals surface area contributed by atoms with Crippen LogP contribution in [0.1, 0.15) is 18.4 Å². The van der Waals surface area contributed by atoms with Crippen LogP contribution in [0.15, 0.2) is 66.7 Å². The molecule has 1 amide bonds. The van der Waals surface area contributed by atoms with Crippen LogP contribution < -0.4 is 15.0 Å². The third-order valence-electron chi connectivity index (χ3n) is 5.53. The van der Waals surface area contributed by atoms with E-state index >= 15 is 0 Å². The number of rotatable bonds is 6. The maximum absolute atomic E-state index is 12.5. The fourth-order valence-corrected chi connectivity index (χ4v) is 3.79. The first-order valence-corrected chi connectivity index (χ1v) is 10.3. The van der Waals surface area contributed by atoms with Crippen molar-refractivity contribution in [3.05, 3.63) is 72.3 Å². The summed E-state index contributed by atoms with van der Waals surface area (Å²) in [5.74, 6) is 1.81. The summed E-state index contributed by atoms with van der Waals surface area (Å²) in [4.78, 5) is 14.7. The molecule has 0 unspecified atom stereocenters. The van der Waals surface area contributed by atoms with Gasteiger partial charge in [-0.15, -0.1) is 10.2 Å². The van der Waals surface area contributed by atoms with Gasteiger partial charge in [-0.3, -0.25) is 4.79 Å². The first-order valence-electron chi connectivity index (χ1n) is 10.3. The highest BCUT2D eigenvalue weighted by Gasteiger charge is 2.25. The zero-order valence-corrected chi connectivity index (χ0v) is 17.1. The maximum Gasteiger partial charge on any atom is 0.223 e. The van der Waals surface area contributed by atoms with Gasteiger partial charge in [-0.05, 0) is 42.7 Å². The Morgan fingerprint density at radius 1 is 1.00 bits per heavy atom. The summed E-state index contributed by atoms with van der Waals surface area (Å²) in [6.45, 7) is 2.17. The Bertz CT molecular complexity index is 968. The lowest BCUT2D eigenvalue weighted by atomic mass is 9.96. The van der Waals surface area contributed by atoms with E-state index in [4.69, 9.17) is 4.74 Å². The number of para-hydroxylation sites is 1. The predicted octanol–water partition coefficient (Wildman–Crippen LogP) is 3.69. The van der Waals surface area contributed by atoms with E-state index in [9.17, 15) is 4.79 Å². The molecule has 0 radical (unpaired) electrons. The molecule has 6 heteroatoms. The summed E-state index contributed by atoms with van der Waals surface area (Å²) in [5, 5.41) is 11.9. The van der Waals surface area contributed by atoms with Crippen LogP contribution in [0.5, 0.6) is 5.75 Å². The molecule has 1 aliphatic rings. The van der Waals surface area contributed by atoms with E-state index in [2.05, 4.69) is 20.4 Å². The fourth-order valence-electron chi connectivity index (χ4n) is 3.79. The van der Waals surface area contributed by atoms with Crippen molar-refractivity contribution in [2.45, 2.75) is 19.4 Å². The quantitative estimate of drug-likeness (QED) is 0.681. The van der Waals surface area contributed by atoms with Crippen molar-refractivity contribution in [2.24, 2.45) is 5.92 Å². The number of piperidine rings is 1. The zero-order chi connectivity index (χ0) is 20.8. The number of amides is 1. The zero-order valence-electron chi connectivity index (χ0n) is 17.1. The van der Waals surface area contributed by atoms with Crippen molar-refractivity contribution in [1.29, 1.82) is 0 Å². The number of carbonyl (C=O) groups excluding carboxylic acids is 1. The Morgan fingerprint density at radius 3 is 2.43 bits per heavy atom. The third-order valence-corrected chi connectivity index (χ3v) is 5.53. The van der Waals surface area contributed by atoms with Gasteiger partial charge in [-0.1, -0.05) is 42.5 Å². The molecule has 1 aromatic heterocycles.